The maximum absolute atomic E-state index is 13.5. The highest BCUT2D eigenvalue weighted by atomic mass is 79.9. The van der Waals surface area contributed by atoms with Crippen LogP contribution in [0.4, 0.5) is 17.6 Å². The minimum absolute atomic E-state index is 0.154. The van der Waals surface area contributed by atoms with Gasteiger partial charge in [-0.05, 0) is 12.1 Å². The Morgan fingerprint density at radius 2 is 1.33 bits per heavy atom. The molecule has 1 atom stereocenters. The Balaban J connectivity index is 2.50. The molecule has 5 heteroatoms. The van der Waals surface area contributed by atoms with E-state index in [1.807, 2.05) is 0 Å². The normalized spacial score (nSPS) is 12.5. The smallest absolute Gasteiger partial charge is 0.161 e. The molecular weight excluding hydrogens is 312 g/mol. The molecule has 0 aliphatic heterocycles. The molecule has 0 aromatic heterocycles. The van der Waals surface area contributed by atoms with Gasteiger partial charge in [0.1, 0.15) is 11.6 Å². The second-order valence-corrected chi connectivity index (χ2v) is 4.59. The lowest BCUT2D eigenvalue weighted by atomic mass is 10.0. The van der Waals surface area contributed by atoms with Crippen LogP contribution < -0.4 is 0 Å². The first kappa shape index (κ1) is 13.1. The van der Waals surface area contributed by atoms with E-state index < -0.39 is 28.1 Å². The fourth-order valence-electron chi connectivity index (χ4n) is 1.58. The predicted octanol–water partition coefficient (Wildman–Crippen LogP) is 4.73. The maximum Gasteiger partial charge on any atom is 0.161 e. The largest absolute Gasteiger partial charge is 0.207 e. The van der Waals surface area contributed by atoms with E-state index >= 15 is 0 Å². The minimum atomic E-state index is -1.27. The molecule has 0 nitrogen and oxygen atoms in total. The summed E-state index contributed by atoms with van der Waals surface area (Å²) in [4.78, 5) is -0.881. The Morgan fingerprint density at radius 1 is 0.722 bits per heavy atom. The second-order valence-electron chi connectivity index (χ2n) is 3.67. The monoisotopic (exact) mass is 318 g/mol. The van der Waals surface area contributed by atoms with Crippen LogP contribution in [-0.2, 0) is 0 Å². The molecule has 0 radical (unpaired) electrons. The van der Waals surface area contributed by atoms with Crippen molar-refractivity contribution in [3.8, 4) is 0 Å². The third-order valence-electron chi connectivity index (χ3n) is 2.49. The zero-order valence-corrected chi connectivity index (χ0v) is 10.5. The number of hydrogen-bond acceptors (Lipinski definition) is 0. The third-order valence-corrected chi connectivity index (χ3v) is 3.48. The Kier molecular flexibility index (Phi) is 3.71. The molecule has 0 aliphatic rings. The highest BCUT2D eigenvalue weighted by Crippen LogP contribution is 2.34. The lowest BCUT2D eigenvalue weighted by Crippen LogP contribution is -2.01. The zero-order chi connectivity index (χ0) is 13.3. The van der Waals surface area contributed by atoms with Gasteiger partial charge in [0.25, 0.3) is 0 Å². The Hall–Kier alpha value is -1.36. The van der Waals surface area contributed by atoms with Gasteiger partial charge >= 0.3 is 0 Å². The number of halogens is 5. The van der Waals surface area contributed by atoms with Crippen molar-refractivity contribution in [1.82, 2.24) is 0 Å². The van der Waals surface area contributed by atoms with Crippen LogP contribution >= 0.6 is 15.9 Å². The van der Waals surface area contributed by atoms with Crippen molar-refractivity contribution in [2.75, 3.05) is 0 Å². The van der Waals surface area contributed by atoms with Crippen molar-refractivity contribution < 1.29 is 17.6 Å². The fourth-order valence-corrected chi connectivity index (χ4v) is 2.30. The highest BCUT2D eigenvalue weighted by Gasteiger charge is 2.20. The molecule has 0 heterocycles. The SMILES string of the molecule is Fc1cc(F)c(C(Br)c2ccccc2F)cc1F. The molecule has 0 saturated carbocycles. The van der Waals surface area contributed by atoms with Crippen LogP contribution in [0.1, 0.15) is 16.0 Å². The fraction of sp³-hybridized carbons (Fsp3) is 0.0769. The zero-order valence-electron chi connectivity index (χ0n) is 8.93. The number of alkyl halides is 1. The number of rotatable bonds is 2. The van der Waals surface area contributed by atoms with Crippen LogP contribution in [0.15, 0.2) is 36.4 Å². The highest BCUT2D eigenvalue weighted by molar-refractivity contribution is 9.09. The molecule has 94 valence electrons. The molecule has 18 heavy (non-hydrogen) atoms. The van der Waals surface area contributed by atoms with E-state index in [1.54, 1.807) is 6.07 Å². The van der Waals surface area contributed by atoms with Crippen LogP contribution in [0.2, 0.25) is 0 Å². The van der Waals surface area contributed by atoms with Crippen molar-refractivity contribution in [2.24, 2.45) is 0 Å². The summed E-state index contributed by atoms with van der Waals surface area (Å²) < 4.78 is 52.9. The van der Waals surface area contributed by atoms with Crippen molar-refractivity contribution in [3.05, 3.63) is 70.8 Å². The van der Waals surface area contributed by atoms with Crippen LogP contribution in [0.3, 0.4) is 0 Å². The van der Waals surface area contributed by atoms with E-state index in [0.29, 0.717) is 6.07 Å². The lowest BCUT2D eigenvalue weighted by Gasteiger charge is -2.13. The van der Waals surface area contributed by atoms with Crippen LogP contribution in [0.25, 0.3) is 0 Å². The molecule has 0 N–H and O–H groups in total. The van der Waals surface area contributed by atoms with Gasteiger partial charge in [0.05, 0.1) is 4.83 Å². The van der Waals surface area contributed by atoms with Gasteiger partial charge < -0.3 is 0 Å². The van der Waals surface area contributed by atoms with E-state index in [4.69, 9.17) is 0 Å². The summed E-state index contributed by atoms with van der Waals surface area (Å²) in [7, 11) is 0. The molecule has 2 aromatic rings. The Bertz CT molecular complexity index is 583. The topological polar surface area (TPSA) is 0 Å². The van der Waals surface area contributed by atoms with Gasteiger partial charge in [0, 0.05) is 17.2 Å². The summed E-state index contributed by atoms with van der Waals surface area (Å²) in [5.41, 5.74) is 0.00130. The van der Waals surface area contributed by atoms with Crippen molar-refractivity contribution in [1.29, 1.82) is 0 Å². The molecule has 2 rings (SSSR count). The lowest BCUT2D eigenvalue weighted by molar-refractivity contribution is 0.490. The van der Waals surface area contributed by atoms with Gasteiger partial charge in [-0.2, -0.15) is 0 Å². The Labute approximate surface area is 109 Å². The summed E-state index contributed by atoms with van der Waals surface area (Å²) >= 11 is 3.09. The minimum Gasteiger partial charge on any atom is -0.207 e. The summed E-state index contributed by atoms with van der Waals surface area (Å²) in [5, 5.41) is 0. The van der Waals surface area contributed by atoms with Gasteiger partial charge in [-0.3, -0.25) is 0 Å². The van der Waals surface area contributed by atoms with Gasteiger partial charge in [-0.25, -0.2) is 17.6 Å². The molecule has 1 unspecified atom stereocenters. The molecule has 0 amide bonds. The van der Waals surface area contributed by atoms with E-state index in [2.05, 4.69) is 15.9 Å². The standard InChI is InChI=1S/C13H7BrF4/c14-13(7-3-1-2-4-9(7)15)8-5-11(17)12(18)6-10(8)16/h1-6,13H. The van der Waals surface area contributed by atoms with E-state index in [9.17, 15) is 17.6 Å². The summed E-state index contributed by atoms with van der Waals surface area (Å²) in [5.74, 6) is -3.93. The third kappa shape index (κ3) is 2.41. The quantitative estimate of drug-likeness (QED) is 0.427. The maximum atomic E-state index is 13.5. The van der Waals surface area contributed by atoms with E-state index in [1.165, 1.54) is 18.2 Å². The first-order chi connectivity index (χ1) is 8.50. The first-order valence-corrected chi connectivity index (χ1v) is 5.95. The average molecular weight is 319 g/mol. The summed E-state index contributed by atoms with van der Waals surface area (Å²) in [6.45, 7) is 0. The summed E-state index contributed by atoms with van der Waals surface area (Å²) in [6.07, 6.45) is 0. The van der Waals surface area contributed by atoms with Crippen molar-refractivity contribution in [3.63, 3.8) is 0 Å². The van der Waals surface area contributed by atoms with E-state index in [0.717, 1.165) is 6.07 Å². The van der Waals surface area contributed by atoms with Gasteiger partial charge in [0.15, 0.2) is 11.6 Å². The average Bonchev–Trinajstić information content (AvgIpc) is 2.33. The molecule has 0 aliphatic carbocycles. The molecular formula is C13H7BrF4. The molecule has 0 bridgehead atoms. The molecule has 0 spiro atoms. The first-order valence-electron chi connectivity index (χ1n) is 5.03. The van der Waals surface area contributed by atoms with E-state index in [-0.39, 0.29) is 11.1 Å². The van der Waals surface area contributed by atoms with Crippen LogP contribution in [0, 0.1) is 23.3 Å². The van der Waals surface area contributed by atoms with Crippen molar-refractivity contribution in [2.45, 2.75) is 4.83 Å². The summed E-state index contributed by atoms with van der Waals surface area (Å²) in [6, 6.07) is 6.87. The molecule has 0 fully saturated rings. The Morgan fingerprint density at radius 3 is 2.00 bits per heavy atom. The van der Waals surface area contributed by atoms with Crippen molar-refractivity contribution >= 4 is 15.9 Å². The van der Waals surface area contributed by atoms with Crippen LogP contribution in [0.5, 0.6) is 0 Å². The number of benzene rings is 2. The molecule has 2 aromatic carbocycles. The van der Waals surface area contributed by atoms with Gasteiger partial charge in [-0.1, -0.05) is 34.1 Å². The second kappa shape index (κ2) is 5.10. The van der Waals surface area contributed by atoms with Gasteiger partial charge in [-0.15, -0.1) is 0 Å². The van der Waals surface area contributed by atoms with Gasteiger partial charge in [0.2, 0.25) is 0 Å². The predicted molar refractivity (Wildman–Crippen MR) is 63.5 cm³/mol. The molecule has 0 saturated heterocycles. The van der Waals surface area contributed by atoms with Crippen LogP contribution in [-0.4, -0.2) is 0 Å². The number of hydrogen-bond donors (Lipinski definition) is 0.